The first-order valence-electron chi connectivity index (χ1n) is 2.05. The zero-order valence-corrected chi connectivity index (χ0v) is 22.0. The molecule has 0 aromatic carbocycles. The minimum atomic E-state index is -3.94. The predicted molar refractivity (Wildman–Crippen MR) is 5.49 cm³/mol. The fourth-order valence-corrected chi connectivity index (χ4v) is 0. The minimum absolute atomic E-state index is 0. The summed E-state index contributed by atoms with van der Waals surface area (Å²) in [4.78, 5) is 0. The molecule has 0 heterocycles. The third-order valence-corrected chi connectivity index (χ3v) is 0. The molecule has 0 radical (unpaired) electrons. The molecule has 16 heavy (non-hydrogen) atoms. The quantitative estimate of drug-likeness (QED) is 0.232. The molecule has 0 N–H and O–H groups in total. The van der Waals surface area contributed by atoms with Gasteiger partial charge in [-0.15, -0.1) is 0 Å². The van der Waals surface area contributed by atoms with Crippen LogP contribution in [0, 0.1) is 27.8 Å². The maximum atomic E-state index is 8.58. The van der Waals surface area contributed by atoms with Gasteiger partial charge in [0.05, 0.1) is 0 Å². The van der Waals surface area contributed by atoms with Crippen molar-refractivity contribution in [3.05, 3.63) is 0 Å². The average Bonchev–Trinajstić information content (AvgIpc) is 1.81. The van der Waals surface area contributed by atoms with E-state index in [4.69, 9.17) is 38.6 Å². The van der Waals surface area contributed by atoms with Gasteiger partial charge in [-0.1, -0.05) is 0 Å². The molecule has 11 nitrogen and oxygen atoms in total. The fraction of sp³-hybridized carbons (Fsp3) is 0. The Labute approximate surface area is 176 Å². The molecule has 0 aliphatic carbocycles. The Bertz CT molecular complexity index is 282. The van der Waals surface area contributed by atoms with E-state index in [-0.39, 0.29) is 68.9 Å². The zero-order chi connectivity index (χ0) is 13.4. The van der Waals surface area contributed by atoms with Crippen molar-refractivity contribution in [2.45, 2.75) is 0 Å². The number of rotatable bonds is 0. The van der Waals surface area contributed by atoms with Crippen molar-refractivity contribution < 1.29 is 182 Å². The van der Waals surface area contributed by atoms with Gasteiger partial charge in [0, 0.05) is 0 Å². The standard InChI is InChI=1S/Cs.11O.U.3V/q+1;;;;;;;;;3*-1;+2;;;. The number of hydrogen-bond donors (Lipinski definition) is 0. The molecule has 0 atom stereocenters. The molecule has 86 valence electrons. The second kappa shape index (κ2) is 30.9. The Kier molecular flexibility index (Phi) is 60.8. The summed E-state index contributed by atoms with van der Waals surface area (Å²) < 4.78 is 94.2. The molecular formula is CsO11UV3. The molecule has 0 unspecified atom stereocenters. The van der Waals surface area contributed by atoms with Crippen molar-refractivity contribution in [3.63, 3.8) is 0 Å². The van der Waals surface area contributed by atoms with Crippen LogP contribution >= 0.6 is 0 Å². The predicted octanol–water partition coefficient (Wildman–Crippen LogP) is -7.52. The van der Waals surface area contributed by atoms with Crippen LogP contribution in [0.15, 0.2) is 0 Å². The van der Waals surface area contributed by atoms with Crippen LogP contribution in [0.4, 0.5) is 0 Å². The second-order valence-corrected chi connectivity index (χ2v) is 3.54. The van der Waals surface area contributed by atoms with Gasteiger partial charge in [-0.2, -0.15) is 0 Å². The summed E-state index contributed by atoms with van der Waals surface area (Å²) in [5.74, 6) is 0. The molecule has 0 aliphatic heterocycles. The molecule has 0 saturated carbocycles. The van der Waals surface area contributed by atoms with Crippen molar-refractivity contribution in [2.24, 2.45) is 0 Å². The molecule has 16 heteroatoms. The first-order chi connectivity index (χ1) is 6.61. The summed E-state index contributed by atoms with van der Waals surface area (Å²) in [5.41, 5.74) is 0. The van der Waals surface area contributed by atoms with E-state index in [0.717, 1.165) is 0 Å². The summed E-state index contributed by atoms with van der Waals surface area (Å²) in [6, 6.07) is 0. The Hall–Kier alpha value is 3.14. The third kappa shape index (κ3) is 453. The summed E-state index contributed by atoms with van der Waals surface area (Å²) in [5, 5.41) is 0. The van der Waals surface area contributed by atoms with Gasteiger partial charge in [0.15, 0.2) is 0 Å². The monoisotopic (exact) mass is 700 g/mol. The van der Waals surface area contributed by atoms with E-state index < -0.39 is 74.0 Å². The third-order valence-electron chi connectivity index (χ3n) is 0. The molecular weight excluding hydrogens is 700 g/mol. The molecule has 0 spiro atoms. The molecule has 0 aromatic heterocycles. The van der Waals surface area contributed by atoms with Gasteiger partial charge < -0.3 is 0 Å². The fourth-order valence-electron chi connectivity index (χ4n) is 0. The van der Waals surface area contributed by atoms with E-state index >= 15 is 0 Å². The van der Waals surface area contributed by atoms with Crippen molar-refractivity contribution >= 4 is 0 Å². The van der Waals surface area contributed by atoms with Gasteiger partial charge in [0.1, 0.15) is 0 Å². The first-order valence-corrected chi connectivity index (χ1v) is 10.6. The van der Waals surface area contributed by atoms with Gasteiger partial charge in [0.2, 0.25) is 0 Å². The van der Waals surface area contributed by atoms with Crippen LogP contribution in [0.5, 0.6) is 0 Å². The average molecular weight is 700 g/mol. The summed E-state index contributed by atoms with van der Waals surface area (Å²) in [7, 11) is 0. The normalized spacial score (nSPS) is 5.19. The Morgan fingerprint density at radius 1 is 0.625 bits per heavy atom. The molecule has 0 bridgehead atoms. The van der Waals surface area contributed by atoms with Gasteiger partial charge in [-0.25, -0.2) is 0 Å². The van der Waals surface area contributed by atoms with E-state index in [0.29, 0.717) is 0 Å². The van der Waals surface area contributed by atoms with Gasteiger partial charge in [-0.3, -0.25) is 0 Å². The van der Waals surface area contributed by atoms with E-state index in [1.54, 1.807) is 0 Å². The molecule has 0 aliphatic rings. The van der Waals surface area contributed by atoms with Gasteiger partial charge in [0.25, 0.3) is 0 Å². The van der Waals surface area contributed by atoms with Crippen molar-refractivity contribution in [3.8, 4) is 0 Å². The maximum absolute atomic E-state index is 8.58. The van der Waals surface area contributed by atoms with Crippen LogP contribution in [-0.2, 0) is 72.7 Å². The molecule has 0 fully saturated rings. The Balaban J connectivity index is -0.0000000331. The van der Waals surface area contributed by atoms with Crippen LogP contribution < -0.4 is 81.0 Å². The Morgan fingerprint density at radius 2 is 0.625 bits per heavy atom. The topological polar surface area (TPSA) is 206 Å². The van der Waals surface area contributed by atoms with Crippen LogP contribution in [-0.4, -0.2) is 0 Å². The SMILES string of the molecule is [Cs+].[O]=[U+2]=[O].[O]=[V](=[O])[O-].[O]=[V](=[O])[O-].[O]=[V](=[O])[O-]. The van der Waals surface area contributed by atoms with Crippen LogP contribution in [0.3, 0.4) is 0 Å². The summed E-state index contributed by atoms with van der Waals surface area (Å²) in [6.07, 6.45) is 0. The molecule has 0 aromatic rings. The van der Waals surface area contributed by atoms with Crippen LogP contribution in [0.1, 0.15) is 0 Å². The van der Waals surface area contributed by atoms with Gasteiger partial charge in [-0.05, 0) is 0 Å². The van der Waals surface area contributed by atoms with E-state index in [1.165, 1.54) is 0 Å². The summed E-state index contributed by atoms with van der Waals surface area (Å²) in [6.45, 7) is 0. The van der Waals surface area contributed by atoms with Gasteiger partial charge >= 0.3 is 182 Å². The van der Waals surface area contributed by atoms with Crippen molar-refractivity contribution in [1.82, 2.24) is 0 Å². The van der Waals surface area contributed by atoms with E-state index in [2.05, 4.69) is 0 Å². The van der Waals surface area contributed by atoms with E-state index in [1.807, 2.05) is 0 Å². The summed E-state index contributed by atoms with van der Waals surface area (Å²) >= 11 is -14.3. The zero-order valence-electron chi connectivity index (χ0n) is 7.33. The van der Waals surface area contributed by atoms with Crippen molar-refractivity contribution in [2.75, 3.05) is 0 Å². The van der Waals surface area contributed by atoms with Crippen LogP contribution in [0.25, 0.3) is 0 Å². The van der Waals surface area contributed by atoms with Crippen molar-refractivity contribution in [1.29, 1.82) is 0 Å². The molecule has 0 saturated heterocycles. The molecule has 0 rings (SSSR count). The van der Waals surface area contributed by atoms with Crippen LogP contribution in [0.2, 0.25) is 0 Å². The second-order valence-electron chi connectivity index (χ2n) is 0.754. The Morgan fingerprint density at radius 3 is 0.625 bits per heavy atom. The van der Waals surface area contributed by atoms with E-state index in [9.17, 15) is 0 Å². The first kappa shape index (κ1) is 31.5. The molecule has 0 amide bonds. The number of hydrogen-bond acceptors (Lipinski definition) is 11.